The number of hydrogen-bond donors (Lipinski definition) is 0. The third-order valence-corrected chi connectivity index (χ3v) is 5.57. The topological polar surface area (TPSA) is 25.8 Å². The predicted octanol–water partition coefficient (Wildman–Crippen LogP) is 7.51. The zero-order chi connectivity index (χ0) is 18.8. The molecule has 2 atom stereocenters. The highest BCUT2D eigenvalue weighted by Crippen LogP contribution is 2.30. The van der Waals surface area contributed by atoms with Gasteiger partial charge < -0.3 is 0 Å². The molecule has 0 aliphatic carbocycles. The lowest BCUT2D eigenvalue weighted by molar-refractivity contribution is 0.569. The Morgan fingerprint density at radius 2 is 1.12 bits per heavy atom. The number of pyridine rings is 2. The summed E-state index contributed by atoms with van der Waals surface area (Å²) in [5, 5.41) is 0. The Labute approximate surface area is 160 Å². The minimum absolute atomic E-state index is 0.632. The lowest BCUT2D eigenvalue weighted by atomic mass is 9.90. The zero-order valence-electron chi connectivity index (χ0n) is 17.2. The lowest BCUT2D eigenvalue weighted by Crippen LogP contribution is -2.01. The van der Waals surface area contributed by atoms with Crippen molar-refractivity contribution in [3.05, 3.63) is 47.8 Å². The molecule has 2 heterocycles. The molecule has 142 valence electrons. The molecule has 0 bridgehead atoms. The van der Waals surface area contributed by atoms with Crippen molar-refractivity contribution < 1.29 is 0 Å². The van der Waals surface area contributed by atoms with Crippen molar-refractivity contribution in [3.8, 4) is 11.4 Å². The van der Waals surface area contributed by atoms with Gasteiger partial charge in [-0.05, 0) is 72.9 Å². The van der Waals surface area contributed by atoms with Crippen molar-refractivity contribution in [2.45, 2.75) is 90.9 Å². The first-order valence-corrected chi connectivity index (χ1v) is 10.7. The van der Waals surface area contributed by atoms with E-state index in [1.165, 1.54) is 62.5 Å². The van der Waals surface area contributed by atoms with Crippen LogP contribution < -0.4 is 0 Å². The molecule has 0 N–H and O–H groups in total. The Balaban J connectivity index is 2.25. The van der Waals surface area contributed by atoms with E-state index < -0.39 is 0 Å². The first-order valence-electron chi connectivity index (χ1n) is 10.7. The largest absolute Gasteiger partial charge is 0.255 e. The third kappa shape index (κ3) is 5.65. The highest BCUT2D eigenvalue weighted by atomic mass is 14.8. The van der Waals surface area contributed by atoms with E-state index in [1.54, 1.807) is 0 Å². The molecule has 2 aromatic heterocycles. The molecule has 0 aliphatic rings. The van der Waals surface area contributed by atoms with E-state index in [9.17, 15) is 0 Å². The van der Waals surface area contributed by atoms with Crippen molar-refractivity contribution >= 4 is 0 Å². The van der Waals surface area contributed by atoms with Gasteiger partial charge in [0.25, 0.3) is 0 Å². The first kappa shape index (κ1) is 20.6. The molecule has 2 unspecified atom stereocenters. The summed E-state index contributed by atoms with van der Waals surface area (Å²) in [4.78, 5) is 9.27. The highest BCUT2D eigenvalue weighted by Gasteiger charge is 2.13. The van der Waals surface area contributed by atoms with Crippen molar-refractivity contribution in [2.24, 2.45) is 0 Å². The molecule has 0 saturated carbocycles. The maximum Gasteiger partial charge on any atom is 0.0889 e. The second-order valence-electron chi connectivity index (χ2n) is 7.44. The summed E-state index contributed by atoms with van der Waals surface area (Å²) in [7, 11) is 0. The predicted molar refractivity (Wildman–Crippen MR) is 113 cm³/mol. The Morgan fingerprint density at radius 3 is 1.46 bits per heavy atom. The van der Waals surface area contributed by atoms with Crippen LogP contribution in [0.25, 0.3) is 11.4 Å². The fourth-order valence-corrected chi connectivity index (χ4v) is 3.80. The molecule has 0 fully saturated rings. The number of aromatic nitrogens is 2. The van der Waals surface area contributed by atoms with Crippen LogP contribution in [0.4, 0.5) is 0 Å². The molecule has 2 heteroatoms. The van der Waals surface area contributed by atoms with Gasteiger partial charge in [-0.3, -0.25) is 9.97 Å². The fraction of sp³-hybridized carbons (Fsp3) is 0.583. The lowest BCUT2D eigenvalue weighted by Gasteiger charge is -2.17. The zero-order valence-corrected chi connectivity index (χ0v) is 17.2. The monoisotopic (exact) mass is 352 g/mol. The quantitative estimate of drug-likeness (QED) is 0.418. The average Bonchev–Trinajstić information content (AvgIpc) is 2.70. The van der Waals surface area contributed by atoms with Crippen molar-refractivity contribution in [1.29, 1.82) is 0 Å². The smallest absolute Gasteiger partial charge is 0.0889 e. The van der Waals surface area contributed by atoms with E-state index >= 15 is 0 Å². The number of nitrogens with zero attached hydrogens (tertiary/aromatic N) is 2. The van der Waals surface area contributed by atoms with Crippen LogP contribution in [0, 0.1) is 0 Å². The van der Waals surface area contributed by atoms with Gasteiger partial charge in [-0.1, -0.05) is 53.4 Å². The van der Waals surface area contributed by atoms with Crippen LogP contribution in [-0.4, -0.2) is 9.97 Å². The molecule has 26 heavy (non-hydrogen) atoms. The summed E-state index contributed by atoms with van der Waals surface area (Å²) in [5.41, 5.74) is 4.86. The Hall–Kier alpha value is -1.70. The number of hydrogen-bond acceptors (Lipinski definition) is 2. The van der Waals surface area contributed by atoms with E-state index in [0.717, 1.165) is 11.4 Å². The van der Waals surface area contributed by atoms with Crippen molar-refractivity contribution in [2.75, 3.05) is 0 Å². The van der Waals surface area contributed by atoms with Crippen molar-refractivity contribution in [1.82, 2.24) is 9.97 Å². The molecule has 2 nitrogen and oxygen atoms in total. The third-order valence-electron chi connectivity index (χ3n) is 5.57. The normalized spacial score (nSPS) is 13.5. The van der Waals surface area contributed by atoms with E-state index in [-0.39, 0.29) is 0 Å². The van der Waals surface area contributed by atoms with Gasteiger partial charge in [0.2, 0.25) is 0 Å². The van der Waals surface area contributed by atoms with Crippen molar-refractivity contribution in [3.63, 3.8) is 0 Å². The summed E-state index contributed by atoms with van der Waals surface area (Å²) in [6.45, 7) is 9.11. The fourth-order valence-electron chi connectivity index (χ4n) is 3.80. The van der Waals surface area contributed by atoms with Crippen LogP contribution in [0.2, 0.25) is 0 Å². The summed E-state index contributed by atoms with van der Waals surface area (Å²) in [6.07, 6.45) is 13.9. The molecule has 0 amide bonds. The van der Waals surface area contributed by atoms with Gasteiger partial charge >= 0.3 is 0 Å². The molecule has 2 aromatic rings. The van der Waals surface area contributed by atoms with Crippen LogP contribution in [0.15, 0.2) is 36.7 Å². The van der Waals surface area contributed by atoms with Gasteiger partial charge in [0.05, 0.1) is 11.4 Å². The van der Waals surface area contributed by atoms with E-state index in [2.05, 4.69) is 61.9 Å². The number of unbranched alkanes of at least 4 members (excludes halogenated alkanes) is 2. The summed E-state index contributed by atoms with van der Waals surface area (Å²) in [5.74, 6) is 1.26. The molecular formula is C24H36N2. The summed E-state index contributed by atoms with van der Waals surface area (Å²) in [6, 6.07) is 8.91. The molecular weight excluding hydrogens is 316 g/mol. The van der Waals surface area contributed by atoms with Gasteiger partial charge in [0.15, 0.2) is 0 Å². The van der Waals surface area contributed by atoms with Gasteiger partial charge in [0.1, 0.15) is 0 Å². The first-order chi connectivity index (χ1) is 12.7. The average molecular weight is 353 g/mol. The summed E-state index contributed by atoms with van der Waals surface area (Å²) >= 11 is 0. The van der Waals surface area contributed by atoms with E-state index in [1.807, 2.05) is 12.4 Å². The number of rotatable bonds is 11. The van der Waals surface area contributed by atoms with Crippen LogP contribution in [0.3, 0.4) is 0 Å². The molecule has 0 radical (unpaired) electrons. The maximum atomic E-state index is 4.63. The highest BCUT2D eigenvalue weighted by molar-refractivity contribution is 5.56. The van der Waals surface area contributed by atoms with Crippen LogP contribution in [0.5, 0.6) is 0 Å². The van der Waals surface area contributed by atoms with Gasteiger partial charge in [0, 0.05) is 12.4 Å². The molecule has 2 rings (SSSR count). The maximum absolute atomic E-state index is 4.63. The minimum atomic E-state index is 0.632. The molecule has 0 saturated heterocycles. The Bertz CT molecular complexity index is 593. The van der Waals surface area contributed by atoms with Gasteiger partial charge in [-0.25, -0.2) is 0 Å². The SMILES string of the molecule is CCCCC(CC)c1ccnc(-c2cc(C(CC)CCCC)ccn2)c1. The Morgan fingerprint density at radius 1 is 0.692 bits per heavy atom. The van der Waals surface area contributed by atoms with Gasteiger partial charge in [-0.2, -0.15) is 0 Å². The second-order valence-corrected chi connectivity index (χ2v) is 7.44. The van der Waals surface area contributed by atoms with Crippen LogP contribution in [0.1, 0.15) is 102 Å². The molecule has 0 aromatic carbocycles. The Kier molecular flexibility index (Phi) is 8.80. The van der Waals surface area contributed by atoms with Gasteiger partial charge in [-0.15, -0.1) is 0 Å². The minimum Gasteiger partial charge on any atom is -0.255 e. The second kappa shape index (κ2) is 11.1. The standard InChI is InChI=1S/C24H36N2/c1-5-9-11-19(7-3)21-13-15-25-23(17-21)24-18-22(14-16-26-24)20(8-4)12-10-6-2/h13-20H,5-12H2,1-4H3. The molecule has 0 spiro atoms. The molecule has 0 aliphatic heterocycles. The van der Waals surface area contributed by atoms with E-state index in [4.69, 9.17) is 0 Å². The summed E-state index contributed by atoms with van der Waals surface area (Å²) < 4.78 is 0. The van der Waals surface area contributed by atoms with Crippen LogP contribution in [-0.2, 0) is 0 Å². The van der Waals surface area contributed by atoms with Crippen LogP contribution >= 0.6 is 0 Å². The van der Waals surface area contributed by atoms with E-state index in [0.29, 0.717) is 11.8 Å².